The van der Waals surface area contributed by atoms with Gasteiger partial charge in [0.1, 0.15) is 17.2 Å². The van der Waals surface area contributed by atoms with Gasteiger partial charge in [0.25, 0.3) is 5.91 Å². The minimum atomic E-state index is -0.522. The van der Waals surface area contributed by atoms with E-state index in [0.29, 0.717) is 34.1 Å². The predicted octanol–water partition coefficient (Wildman–Crippen LogP) is 4.99. The second-order valence-electron chi connectivity index (χ2n) is 7.48. The van der Waals surface area contributed by atoms with Crippen LogP contribution in [0.5, 0.6) is 11.5 Å². The van der Waals surface area contributed by atoms with Gasteiger partial charge in [-0.15, -0.1) is 0 Å². The van der Waals surface area contributed by atoms with Gasteiger partial charge < -0.3 is 19.5 Å². The quantitative estimate of drug-likeness (QED) is 0.364. The summed E-state index contributed by atoms with van der Waals surface area (Å²) in [7, 11) is 3.15. The number of esters is 1. The van der Waals surface area contributed by atoms with Crippen LogP contribution in [0.15, 0.2) is 78.9 Å². The fraction of sp³-hybridized carbons (Fsp3) is 0.148. The van der Waals surface area contributed by atoms with Crippen molar-refractivity contribution in [2.75, 3.05) is 26.1 Å². The highest BCUT2D eigenvalue weighted by atomic mass is 16.5. The Labute approximate surface area is 203 Å². The zero-order chi connectivity index (χ0) is 24.8. The highest BCUT2D eigenvalue weighted by Gasteiger charge is 2.20. The molecule has 1 N–H and O–H groups in total. The maximum Gasteiger partial charge on any atom is 0.358 e. The molecule has 1 aromatic heterocycles. The van der Waals surface area contributed by atoms with Crippen molar-refractivity contribution in [2.45, 2.75) is 6.92 Å². The fourth-order valence-electron chi connectivity index (χ4n) is 3.58. The van der Waals surface area contributed by atoms with Crippen LogP contribution in [0.3, 0.4) is 0 Å². The maximum absolute atomic E-state index is 12.8. The molecule has 3 aromatic carbocycles. The number of benzene rings is 3. The first-order valence-corrected chi connectivity index (χ1v) is 11.0. The van der Waals surface area contributed by atoms with Crippen LogP contribution in [0.4, 0.5) is 5.69 Å². The Kier molecular flexibility index (Phi) is 7.11. The van der Waals surface area contributed by atoms with Crippen LogP contribution in [0.2, 0.25) is 0 Å². The van der Waals surface area contributed by atoms with Gasteiger partial charge in [-0.05, 0) is 61.5 Å². The Morgan fingerprint density at radius 2 is 1.69 bits per heavy atom. The van der Waals surface area contributed by atoms with E-state index < -0.39 is 5.97 Å². The third kappa shape index (κ3) is 5.16. The molecule has 0 radical (unpaired) electrons. The lowest BCUT2D eigenvalue weighted by atomic mass is 10.1. The molecule has 0 saturated carbocycles. The summed E-state index contributed by atoms with van der Waals surface area (Å²) in [4.78, 5) is 25.2. The number of anilines is 1. The van der Waals surface area contributed by atoms with Crippen LogP contribution < -0.4 is 14.8 Å². The number of ether oxygens (including phenoxy) is 3. The predicted molar refractivity (Wildman–Crippen MR) is 132 cm³/mol. The number of hydrogen-bond acceptors (Lipinski definition) is 6. The molecule has 0 atom stereocenters. The number of aromatic nitrogens is 2. The zero-order valence-corrected chi connectivity index (χ0v) is 19.6. The van der Waals surface area contributed by atoms with E-state index in [9.17, 15) is 9.59 Å². The lowest BCUT2D eigenvalue weighted by molar-refractivity contribution is 0.0518. The molecule has 0 aliphatic carbocycles. The van der Waals surface area contributed by atoms with Crippen LogP contribution in [-0.2, 0) is 4.74 Å². The monoisotopic (exact) mass is 471 g/mol. The van der Waals surface area contributed by atoms with Crippen molar-refractivity contribution in [1.82, 2.24) is 9.78 Å². The van der Waals surface area contributed by atoms with Gasteiger partial charge >= 0.3 is 5.97 Å². The molecule has 0 bridgehead atoms. The summed E-state index contributed by atoms with van der Waals surface area (Å²) >= 11 is 0. The SMILES string of the molecule is CCOC(=O)c1cc(-c2cccc(NC(=O)c3ccc(OC)cc3)c2)n(-c2ccccc2OC)n1. The van der Waals surface area contributed by atoms with E-state index in [4.69, 9.17) is 14.2 Å². The van der Waals surface area contributed by atoms with Crippen molar-refractivity contribution in [2.24, 2.45) is 0 Å². The number of para-hydroxylation sites is 2. The summed E-state index contributed by atoms with van der Waals surface area (Å²) in [5.74, 6) is 0.489. The molecular weight excluding hydrogens is 446 g/mol. The molecule has 0 spiro atoms. The Balaban J connectivity index is 1.71. The highest BCUT2D eigenvalue weighted by molar-refractivity contribution is 6.04. The minimum absolute atomic E-state index is 0.167. The molecule has 1 heterocycles. The number of methoxy groups -OCH3 is 2. The molecule has 4 aromatic rings. The van der Waals surface area contributed by atoms with Gasteiger partial charge in [0, 0.05) is 16.8 Å². The first kappa shape index (κ1) is 23.6. The normalized spacial score (nSPS) is 10.5. The lowest BCUT2D eigenvalue weighted by Crippen LogP contribution is -2.11. The van der Waals surface area contributed by atoms with Crippen molar-refractivity contribution in [3.05, 3.63) is 90.1 Å². The molecule has 8 heteroatoms. The van der Waals surface area contributed by atoms with E-state index in [1.54, 1.807) is 62.2 Å². The average molecular weight is 472 g/mol. The number of hydrogen-bond donors (Lipinski definition) is 1. The summed E-state index contributed by atoms with van der Waals surface area (Å²) in [5.41, 5.74) is 3.30. The Hall–Kier alpha value is -4.59. The van der Waals surface area contributed by atoms with Gasteiger partial charge in [0.2, 0.25) is 0 Å². The second kappa shape index (κ2) is 10.6. The van der Waals surface area contributed by atoms with E-state index >= 15 is 0 Å². The molecular formula is C27H25N3O5. The number of nitrogens with one attached hydrogen (secondary N) is 1. The molecule has 0 unspecified atom stereocenters. The first-order chi connectivity index (χ1) is 17.0. The topological polar surface area (TPSA) is 91.7 Å². The van der Waals surface area contributed by atoms with Crippen LogP contribution in [0.1, 0.15) is 27.8 Å². The number of rotatable bonds is 8. The van der Waals surface area contributed by atoms with Crippen molar-refractivity contribution in [3.63, 3.8) is 0 Å². The van der Waals surface area contributed by atoms with Crippen LogP contribution >= 0.6 is 0 Å². The van der Waals surface area contributed by atoms with Crippen LogP contribution in [0.25, 0.3) is 16.9 Å². The minimum Gasteiger partial charge on any atom is -0.497 e. The highest BCUT2D eigenvalue weighted by Crippen LogP contribution is 2.30. The van der Waals surface area contributed by atoms with E-state index in [0.717, 1.165) is 5.56 Å². The summed E-state index contributed by atoms with van der Waals surface area (Å²) in [5, 5.41) is 7.41. The van der Waals surface area contributed by atoms with E-state index in [1.165, 1.54) is 0 Å². The molecule has 35 heavy (non-hydrogen) atoms. The van der Waals surface area contributed by atoms with Crippen LogP contribution in [-0.4, -0.2) is 42.5 Å². The third-order valence-corrected chi connectivity index (χ3v) is 5.28. The van der Waals surface area contributed by atoms with Crippen molar-refractivity contribution >= 4 is 17.6 Å². The van der Waals surface area contributed by atoms with Crippen LogP contribution in [0, 0.1) is 0 Å². The second-order valence-corrected chi connectivity index (χ2v) is 7.48. The van der Waals surface area contributed by atoms with Gasteiger partial charge in [0.05, 0.1) is 26.5 Å². The van der Waals surface area contributed by atoms with Gasteiger partial charge in [-0.25, -0.2) is 9.48 Å². The van der Waals surface area contributed by atoms with Gasteiger partial charge in [-0.2, -0.15) is 5.10 Å². The van der Waals surface area contributed by atoms with Gasteiger partial charge in [-0.1, -0.05) is 24.3 Å². The van der Waals surface area contributed by atoms with Gasteiger partial charge in [0.15, 0.2) is 5.69 Å². The average Bonchev–Trinajstić information content (AvgIpc) is 3.34. The standard InChI is InChI=1S/C27H25N3O5/c1-4-35-27(32)22-17-24(30(29-22)23-10-5-6-11-25(23)34-3)19-8-7-9-20(16-19)28-26(31)18-12-14-21(33-2)15-13-18/h5-17H,4H2,1-3H3,(H,28,31). The maximum atomic E-state index is 12.8. The Bertz CT molecular complexity index is 1350. The van der Waals surface area contributed by atoms with E-state index in [-0.39, 0.29) is 18.2 Å². The Morgan fingerprint density at radius 3 is 2.40 bits per heavy atom. The summed E-state index contributed by atoms with van der Waals surface area (Å²) in [6, 6.07) is 23.2. The Morgan fingerprint density at radius 1 is 0.914 bits per heavy atom. The van der Waals surface area contributed by atoms with E-state index in [1.807, 2.05) is 42.5 Å². The van der Waals surface area contributed by atoms with E-state index in [2.05, 4.69) is 10.4 Å². The largest absolute Gasteiger partial charge is 0.497 e. The summed E-state index contributed by atoms with van der Waals surface area (Å²) in [6.07, 6.45) is 0. The molecule has 4 rings (SSSR count). The molecule has 0 saturated heterocycles. The number of nitrogens with zero attached hydrogens (tertiary/aromatic N) is 2. The number of amides is 1. The van der Waals surface area contributed by atoms with Crippen molar-refractivity contribution in [3.8, 4) is 28.4 Å². The first-order valence-electron chi connectivity index (χ1n) is 11.0. The molecule has 0 fully saturated rings. The molecule has 178 valence electrons. The van der Waals surface area contributed by atoms with Crippen molar-refractivity contribution < 1.29 is 23.8 Å². The van der Waals surface area contributed by atoms with Gasteiger partial charge in [-0.3, -0.25) is 4.79 Å². The molecule has 0 aliphatic rings. The summed E-state index contributed by atoms with van der Waals surface area (Å²) in [6.45, 7) is 1.98. The third-order valence-electron chi connectivity index (χ3n) is 5.28. The molecule has 0 aliphatic heterocycles. The number of carbonyl (C=O) groups is 2. The van der Waals surface area contributed by atoms with Crippen molar-refractivity contribution in [1.29, 1.82) is 0 Å². The number of carbonyl (C=O) groups excluding carboxylic acids is 2. The summed E-state index contributed by atoms with van der Waals surface area (Å²) < 4.78 is 17.4. The fourth-order valence-corrected chi connectivity index (χ4v) is 3.58. The molecule has 1 amide bonds. The smallest absolute Gasteiger partial charge is 0.358 e. The lowest BCUT2D eigenvalue weighted by Gasteiger charge is -2.12. The zero-order valence-electron chi connectivity index (χ0n) is 19.6. The molecule has 8 nitrogen and oxygen atoms in total.